The lowest BCUT2D eigenvalue weighted by Gasteiger charge is -2.40. The van der Waals surface area contributed by atoms with Crippen molar-refractivity contribution >= 4 is 23.4 Å². The summed E-state index contributed by atoms with van der Waals surface area (Å²) in [5.41, 5.74) is 2.21. The van der Waals surface area contributed by atoms with Gasteiger partial charge < -0.3 is 25.8 Å². The number of hydrogen-bond donors (Lipinski definition) is 3. The first-order valence-electron chi connectivity index (χ1n) is 11.4. The fourth-order valence-electron chi connectivity index (χ4n) is 4.72. The predicted molar refractivity (Wildman–Crippen MR) is 126 cm³/mol. The molecule has 2 aliphatic heterocycles. The molecule has 2 saturated heterocycles. The lowest BCUT2D eigenvalue weighted by atomic mass is 9.86. The molecule has 3 N–H and O–H groups in total. The molecule has 0 saturated carbocycles. The summed E-state index contributed by atoms with van der Waals surface area (Å²) in [6, 6.07) is 17.5. The second-order valence-corrected chi connectivity index (χ2v) is 8.64. The van der Waals surface area contributed by atoms with Crippen LogP contribution < -0.4 is 20.9 Å². The number of hydrogen-bond acceptors (Lipinski definition) is 5. The SMILES string of the molecule is CNC(=O)Cc1cccc(CNC(=O)CN2CN(c3ccccc3)C3(CCNCC3)C2=O)c1. The Kier molecular flexibility index (Phi) is 6.93. The monoisotopic (exact) mass is 449 g/mol. The Hall–Kier alpha value is -3.39. The normalized spacial score (nSPS) is 17.3. The van der Waals surface area contributed by atoms with Crippen LogP contribution in [0.4, 0.5) is 5.69 Å². The number of piperidine rings is 1. The molecule has 2 heterocycles. The van der Waals surface area contributed by atoms with E-state index in [1.807, 2.05) is 54.6 Å². The lowest BCUT2D eigenvalue weighted by Crippen LogP contribution is -2.55. The number of carbonyl (C=O) groups is 3. The number of para-hydroxylation sites is 1. The summed E-state index contributed by atoms with van der Waals surface area (Å²) >= 11 is 0. The molecule has 2 aromatic rings. The Morgan fingerprint density at radius 1 is 1.00 bits per heavy atom. The van der Waals surface area contributed by atoms with Crippen LogP contribution in [0.3, 0.4) is 0 Å². The molecule has 4 rings (SSSR count). The summed E-state index contributed by atoms with van der Waals surface area (Å²) in [7, 11) is 1.61. The average molecular weight is 450 g/mol. The Labute approximate surface area is 194 Å². The number of amides is 3. The predicted octanol–water partition coefficient (Wildman–Crippen LogP) is 1.02. The largest absolute Gasteiger partial charge is 0.359 e. The van der Waals surface area contributed by atoms with E-state index in [0.717, 1.165) is 42.7 Å². The van der Waals surface area contributed by atoms with Gasteiger partial charge in [-0.15, -0.1) is 0 Å². The molecule has 0 aromatic heterocycles. The molecule has 2 fully saturated rings. The maximum atomic E-state index is 13.5. The van der Waals surface area contributed by atoms with Gasteiger partial charge in [0.1, 0.15) is 12.1 Å². The quantitative estimate of drug-likeness (QED) is 0.587. The molecular formula is C25H31N5O3. The molecule has 174 valence electrons. The van der Waals surface area contributed by atoms with Crippen LogP contribution in [0.5, 0.6) is 0 Å². The topological polar surface area (TPSA) is 93.8 Å². The summed E-state index contributed by atoms with van der Waals surface area (Å²) in [4.78, 5) is 41.7. The number of carbonyl (C=O) groups excluding carboxylic acids is 3. The van der Waals surface area contributed by atoms with Gasteiger partial charge in [0.25, 0.3) is 0 Å². The Morgan fingerprint density at radius 2 is 1.73 bits per heavy atom. The van der Waals surface area contributed by atoms with E-state index in [-0.39, 0.29) is 24.3 Å². The zero-order valence-electron chi connectivity index (χ0n) is 19.0. The molecule has 0 radical (unpaired) electrons. The van der Waals surface area contributed by atoms with E-state index >= 15 is 0 Å². The molecule has 0 unspecified atom stereocenters. The van der Waals surface area contributed by atoms with Crippen molar-refractivity contribution in [3.8, 4) is 0 Å². The van der Waals surface area contributed by atoms with E-state index in [9.17, 15) is 14.4 Å². The highest BCUT2D eigenvalue weighted by Gasteiger charge is 2.53. The average Bonchev–Trinajstić information content (AvgIpc) is 3.10. The van der Waals surface area contributed by atoms with Crippen molar-refractivity contribution in [3.63, 3.8) is 0 Å². The van der Waals surface area contributed by atoms with Crippen LogP contribution in [0.25, 0.3) is 0 Å². The Balaban J connectivity index is 1.40. The second kappa shape index (κ2) is 10.0. The highest BCUT2D eigenvalue weighted by molar-refractivity contribution is 5.96. The van der Waals surface area contributed by atoms with Crippen LogP contribution >= 0.6 is 0 Å². The number of anilines is 1. The summed E-state index contributed by atoms with van der Waals surface area (Å²) < 4.78 is 0. The standard InChI is InChI=1S/C25H31N5O3/c1-26-22(31)15-19-6-5-7-20(14-19)16-28-23(32)17-29-18-30(21-8-3-2-4-9-21)25(24(29)33)10-12-27-13-11-25/h2-9,14,27H,10-13,15-18H2,1H3,(H,26,31)(H,28,32). The van der Waals surface area contributed by atoms with E-state index < -0.39 is 5.54 Å². The van der Waals surface area contributed by atoms with Crippen molar-refractivity contribution < 1.29 is 14.4 Å². The first-order valence-corrected chi connectivity index (χ1v) is 11.4. The van der Waals surface area contributed by atoms with Crippen molar-refractivity contribution in [1.29, 1.82) is 0 Å². The zero-order valence-corrected chi connectivity index (χ0v) is 19.0. The maximum absolute atomic E-state index is 13.5. The molecule has 0 atom stereocenters. The highest BCUT2D eigenvalue weighted by atomic mass is 16.2. The van der Waals surface area contributed by atoms with E-state index in [1.165, 1.54) is 0 Å². The van der Waals surface area contributed by atoms with Gasteiger partial charge in [-0.05, 0) is 49.2 Å². The molecule has 33 heavy (non-hydrogen) atoms. The van der Waals surface area contributed by atoms with E-state index in [2.05, 4.69) is 20.9 Å². The number of likely N-dealkylation sites (N-methyl/N-ethyl adjacent to an activating group) is 1. The van der Waals surface area contributed by atoms with Gasteiger partial charge in [0, 0.05) is 19.3 Å². The van der Waals surface area contributed by atoms with Crippen LogP contribution in [0.1, 0.15) is 24.0 Å². The van der Waals surface area contributed by atoms with Gasteiger partial charge >= 0.3 is 0 Å². The molecule has 8 nitrogen and oxygen atoms in total. The first-order chi connectivity index (χ1) is 16.0. The molecule has 2 aliphatic rings. The minimum absolute atomic E-state index is 0.0231. The fourth-order valence-corrected chi connectivity index (χ4v) is 4.72. The van der Waals surface area contributed by atoms with Crippen LogP contribution in [0.15, 0.2) is 54.6 Å². The molecule has 8 heteroatoms. The smallest absolute Gasteiger partial charge is 0.250 e. The van der Waals surface area contributed by atoms with E-state index in [1.54, 1.807) is 11.9 Å². The molecule has 0 aliphatic carbocycles. The first kappa shape index (κ1) is 22.8. The van der Waals surface area contributed by atoms with Crippen LogP contribution in [0, 0.1) is 0 Å². The third kappa shape index (κ3) is 5.01. The molecule has 1 spiro atoms. The summed E-state index contributed by atoms with van der Waals surface area (Å²) in [5.74, 6) is -0.229. The van der Waals surface area contributed by atoms with Gasteiger partial charge in [0.15, 0.2) is 0 Å². The number of nitrogens with zero attached hydrogens (tertiary/aromatic N) is 2. The van der Waals surface area contributed by atoms with Crippen LogP contribution in [-0.4, -0.2) is 61.5 Å². The third-order valence-electron chi connectivity index (χ3n) is 6.47. The maximum Gasteiger partial charge on any atom is 0.250 e. The minimum atomic E-state index is -0.596. The van der Waals surface area contributed by atoms with Gasteiger partial charge in [0.2, 0.25) is 17.7 Å². The van der Waals surface area contributed by atoms with Crippen molar-refractivity contribution in [1.82, 2.24) is 20.9 Å². The van der Waals surface area contributed by atoms with Gasteiger partial charge in [-0.3, -0.25) is 14.4 Å². The van der Waals surface area contributed by atoms with Gasteiger partial charge in [-0.25, -0.2) is 0 Å². The molecule has 0 bridgehead atoms. The van der Waals surface area contributed by atoms with Gasteiger partial charge in [-0.1, -0.05) is 42.5 Å². The number of nitrogens with one attached hydrogen (secondary N) is 3. The van der Waals surface area contributed by atoms with E-state index in [4.69, 9.17) is 0 Å². The lowest BCUT2D eigenvalue weighted by molar-refractivity contribution is -0.136. The molecule has 2 aromatic carbocycles. The van der Waals surface area contributed by atoms with Crippen molar-refractivity contribution in [2.24, 2.45) is 0 Å². The summed E-state index contributed by atoms with van der Waals surface area (Å²) in [6.45, 7) is 2.33. The zero-order chi connectivity index (χ0) is 23.3. The van der Waals surface area contributed by atoms with Crippen LogP contribution in [-0.2, 0) is 27.3 Å². The molecular weight excluding hydrogens is 418 g/mol. The van der Waals surface area contributed by atoms with Gasteiger partial charge in [-0.2, -0.15) is 0 Å². The Morgan fingerprint density at radius 3 is 2.45 bits per heavy atom. The molecule has 3 amide bonds. The van der Waals surface area contributed by atoms with E-state index in [0.29, 0.717) is 19.6 Å². The van der Waals surface area contributed by atoms with Crippen LogP contribution in [0.2, 0.25) is 0 Å². The highest BCUT2D eigenvalue weighted by Crippen LogP contribution is 2.37. The van der Waals surface area contributed by atoms with Crippen molar-refractivity contribution in [2.75, 3.05) is 38.3 Å². The second-order valence-electron chi connectivity index (χ2n) is 8.64. The minimum Gasteiger partial charge on any atom is -0.359 e. The summed E-state index contributed by atoms with van der Waals surface area (Å²) in [5, 5.41) is 8.88. The van der Waals surface area contributed by atoms with Crippen molar-refractivity contribution in [2.45, 2.75) is 31.3 Å². The summed E-state index contributed by atoms with van der Waals surface area (Å²) in [6.07, 6.45) is 1.74. The third-order valence-corrected chi connectivity index (χ3v) is 6.47. The Bertz CT molecular complexity index is 1000. The van der Waals surface area contributed by atoms with Gasteiger partial charge in [0.05, 0.1) is 13.1 Å². The van der Waals surface area contributed by atoms with Crippen molar-refractivity contribution in [3.05, 3.63) is 65.7 Å². The fraction of sp³-hybridized carbons (Fsp3) is 0.400. The number of rotatable bonds is 7. The number of benzene rings is 2.